The monoisotopic (exact) mass is 503 g/mol. The quantitative estimate of drug-likeness (QED) is 0.349. The SMILES string of the molecule is COCC#Cc1ncc(-c2c3c4c(ncnc4n2C)NCc2cc(Oc4cccc(C)n4)ccc2-3)c(C)n1. The third-order valence-electron chi connectivity index (χ3n) is 6.50. The van der Waals surface area contributed by atoms with Crippen LogP contribution >= 0.6 is 0 Å². The molecule has 0 saturated carbocycles. The molecule has 0 fully saturated rings. The molecule has 5 heterocycles. The van der Waals surface area contributed by atoms with Crippen molar-refractivity contribution in [1.82, 2.24) is 29.5 Å². The number of benzene rings is 1. The van der Waals surface area contributed by atoms with E-state index in [1.807, 2.05) is 57.4 Å². The van der Waals surface area contributed by atoms with Crippen molar-refractivity contribution in [3.8, 4) is 45.9 Å². The number of hydrogen-bond acceptors (Lipinski definition) is 8. The molecule has 9 heteroatoms. The lowest BCUT2D eigenvalue weighted by atomic mass is 9.95. The van der Waals surface area contributed by atoms with E-state index in [1.54, 1.807) is 13.4 Å². The number of pyridine rings is 1. The summed E-state index contributed by atoms with van der Waals surface area (Å²) >= 11 is 0. The van der Waals surface area contributed by atoms with Crippen LogP contribution in [0.4, 0.5) is 5.82 Å². The van der Waals surface area contributed by atoms with Crippen LogP contribution in [0.25, 0.3) is 33.4 Å². The van der Waals surface area contributed by atoms with E-state index in [0.717, 1.165) is 56.2 Å². The summed E-state index contributed by atoms with van der Waals surface area (Å²) in [4.78, 5) is 22.9. The van der Waals surface area contributed by atoms with Crippen LogP contribution in [0, 0.1) is 25.7 Å². The van der Waals surface area contributed by atoms with Crippen LogP contribution in [0.2, 0.25) is 0 Å². The first-order chi connectivity index (χ1) is 18.5. The summed E-state index contributed by atoms with van der Waals surface area (Å²) < 4.78 is 13.2. The summed E-state index contributed by atoms with van der Waals surface area (Å²) in [6.45, 7) is 4.82. The van der Waals surface area contributed by atoms with Crippen LogP contribution in [0.3, 0.4) is 0 Å². The summed E-state index contributed by atoms with van der Waals surface area (Å²) in [5.41, 5.74) is 7.59. The summed E-state index contributed by atoms with van der Waals surface area (Å²) in [7, 11) is 3.61. The lowest BCUT2D eigenvalue weighted by Gasteiger charge is -2.14. The summed E-state index contributed by atoms with van der Waals surface area (Å²) in [5, 5.41) is 4.45. The summed E-state index contributed by atoms with van der Waals surface area (Å²) in [5.74, 6) is 8.39. The number of ether oxygens (including phenoxy) is 2. The van der Waals surface area contributed by atoms with E-state index in [9.17, 15) is 0 Å². The fourth-order valence-corrected chi connectivity index (χ4v) is 4.81. The van der Waals surface area contributed by atoms with Crippen molar-refractivity contribution >= 4 is 16.9 Å². The molecule has 9 nitrogen and oxygen atoms in total. The van der Waals surface area contributed by atoms with E-state index in [-0.39, 0.29) is 0 Å². The third kappa shape index (κ3) is 4.11. The number of aryl methyl sites for hydroxylation is 3. The van der Waals surface area contributed by atoms with Gasteiger partial charge in [0.1, 0.15) is 30.1 Å². The molecule has 38 heavy (non-hydrogen) atoms. The van der Waals surface area contributed by atoms with Gasteiger partial charge in [0.15, 0.2) is 0 Å². The second-order valence-corrected chi connectivity index (χ2v) is 9.02. The molecular weight excluding hydrogens is 478 g/mol. The zero-order chi connectivity index (χ0) is 26.2. The predicted octanol–water partition coefficient (Wildman–Crippen LogP) is 4.82. The second kappa shape index (κ2) is 9.57. The van der Waals surface area contributed by atoms with Gasteiger partial charge in [-0.2, -0.15) is 0 Å². The first kappa shape index (κ1) is 23.6. The largest absolute Gasteiger partial charge is 0.439 e. The Balaban J connectivity index is 1.51. The number of rotatable bonds is 4. The number of nitrogens with one attached hydrogen (secondary N) is 1. The average Bonchev–Trinajstić information content (AvgIpc) is 3.10. The highest BCUT2D eigenvalue weighted by Gasteiger charge is 2.27. The van der Waals surface area contributed by atoms with Crippen LogP contribution in [0.1, 0.15) is 22.8 Å². The van der Waals surface area contributed by atoms with E-state index < -0.39 is 0 Å². The first-order valence-electron chi connectivity index (χ1n) is 12.2. The van der Waals surface area contributed by atoms with Crippen LogP contribution in [0.5, 0.6) is 11.6 Å². The van der Waals surface area contributed by atoms with Gasteiger partial charge in [0.2, 0.25) is 11.7 Å². The van der Waals surface area contributed by atoms with Crippen molar-refractivity contribution in [3.05, 3.63) is 71.7 Å². The topological polar surface area (TPSA) is 99.9 Å². The molecule has 6 rings (SSSR count). The second-order valence-electron chi connectivity index (χ2n) is 9.02. The Kier molecular flexibility index (Phi) is 5.94. The molecular formula is C29H25N7O2. The van der Waals surface area contributed by atoms with E-state index in [0.29, 0.717) is 30.6 Å². The lowest BCUT2D eigenvalue weighted by Crippen LogP contribution is -2.04. The zero-order valence-corrected chi connectivity index (χ0v) is 21.5. The van der Waals surface area contributed by atoms with E-state index in [4.69, 9.17) is 9.47 Å². The highest BCUT2D eigenvalue weighted by Crippen LogP contribution is 2.46. The zero-order valence-electron chi connectivity index (χ0n) is 21.5. The van der Waals surface area contributed by atoms with Crippen LogP contribution in [-0.4, -0.2) is 43.2 Å². The van der Waals surface area contributed by atoms with Gasteiger partial charge in [0.25, 0.3) is 0 Å². The number of hydrogen-bond donors (Lipinski definition) is 1. The molecule has 0 aliphatic carbocycles. The Labute approximate surface area is 219 Å². The minimum Gasteiger partial charge on any atom is -0.439 e. The van der Waals surface area contributed by atoms with Gasteiger partial charge in [-0.3, -0.25) is 0 Å². The molecule has 0 saturated heterocycles. The van der Waals surface area contributed by atoms with Gasteiger partial charge in [-0.25, -0.2) is 24.9 Å². The van der Waals surface area contributed by atoms with Gasteiger partial charge in [-0.05, 0) is 49.1 Å². The predicted molar refractivity (Wildman–Crippen MR) is 145 cm³/mol. The molecule has 0 bridgehead atoms. The average molecular weight is 504 g/mol. The fourth-order valence-electron chi connectivity index (χ4n) is 4.81. The van der Waals surface area contributed by atoms with Gasteiger partial charge in [-0.1, -0.05) is 18.1 Å². The summed E-state index contributed by atoms with van der Waals surface area (Å²) in [6, 6.07) is 11.8. The minimum absolute atomic E-state index is 0.328. The van der Waals surface area contributed by atoms with Crippen molar-refractivity contribution in [1.29, 1.82) is 0 Å². The number of anilines is 1. The highest BCUT2D eigenvalue weighted by molar-refractivity contribution is 6.09. The molecule has 188 valence electrons. The maximum atomic E-state index is 6.10. The fraction of sp³-hybridized carbons (Fsp3) is 0.207. The number of aromatic nitrogens is 6. The molecule has 0 atom stereocenters. The van der Waals surface area contributed by atoms with Gasteiger partial charge < -0.3 is 19.4 Å². The molecule has 1 aromatic carbocycles. The number of nitrogens with zero attached hydrogens (tertiary/aromatic N) is 6. The van der Waals surface area contributed by atoms with Crippen LogP contribution < -0.4 is 10.1 Å². The van der Waals surface area contributed by atoms with Crippen molar-refractivity contribution < 1.29 is 9.47 Å². The molecule has 0 amide bonds. The number of methoxy groups -OCH3 is 1. The number of fused-ring (bicyclic) bond motifs is 2. The summed E-state index contributed by atoms with van der Waals surface area (Å²) in [6.07, 6.45) is 3.42. The smallest absolute Gasteiger partial charge is 0.219 e. The Morgan fingerprint density at radius 2 is 1.95 bits per heavy atom. The standard InChI is InChI=1S/C29H25N7O2/c1-17-7-5-9-24(34-17)38-20-10-11-21-19(13-20)14-31-28-26-25(21)27(36(3)29(26)33-16-32-28)22-15-30-23(35-18(22)2)8-6-12-37-4/h5,7,9-11,13,15-16H,12,14H2,1-4H3,(H,31,32,33). The lowest BCUT2D eigenvalue weighted by molar-refractivity contribution is 0.240. The maximum Gasteiger partial charge on any atom is 0.219 e. The molecule has 0 spiro atoms. The van der Waals surface area contributed by atoms with Crippen LogP contribution in [0.15, 0.2) is 48.9 Å². The van der Waals surface area contributed by atoms with Crippen LogP contribution in [-0.2, 0) is 18.3 Å². The molecule has 1 aliphatic heterocycles. The third-order valence-corrected chi connectivity index (χ3v) is 6.50. The van der Waals surface area contributed by atoms with Crippen molar-refractivity contribution in [2.45, 2.75) is 20.4 Å². The molecule has 5 aromatic rings. The highest BCUT2D eigenvalue weighted by atomic mass is 16.5. The van der Waals surface area contributed by atoms with Gasteiger partial charge >= 0.3 is 0 Å². The van der Waals surface area contributed by atoms with Crippen molar-refractivity contribution in [2.75, 3.05) is 19.0 Å². The van der Waals surface area contributed by atoms with E-state index in [1.165, 1.54) is 0 Å². The Hall–Kier alpha value is -4.81. The molecule has 4 aromatic heterocycles. The van der Waals surface area contributed by atoms with E-state index >= 15 is 0 Å². The molecule has 0 unspecified atom stereocenters. The maximum absolute atomic E-state index is 6.10. The van der Waals surface area contributed by atoms with Crippen molar-refractivity contribution in [2.24, 2.45) is 7.05 Å². The van der Waals surface area contributed by atoms with E-state index in [2.05, 4.69) is 52.7 Å². The molecule has 0 radical (unpaired) electrons. The minimum atomic E-state index is 0.328. The Morgan fingerprint density at radius 3 is 2.76 bits per heavy atom. The Bertz CT molecular complexity index is 1760. The normalized spacial score (nSPS) is 11.8. The van der Waals surface area contributed by atoms with Gasteiger partial charge in [-0.15, -0.1) is 0 Å². The van der Waals surface area contributed by atoms with Gasteiger partial charge in [0.05, 0.1) is 16.8 Å². The molecule has 1 N–H and O–H groups in total. The Morgan fingerprint density at radius 1 is 1.05 bits per heavy atom. The van der Waals surface area contributed by atoms with Gasteiger partial charge in [0, 0.05) is 49.8 Å². The van der Waals surface area contributed by atoms with Crippen molar-refractivity contribution in [3.63, 3.8) is 0 Å². The first-order valence-corrected chi connectivity index (χ1v) is 12.2. The molecule has 1 aliphatic rings.